The molecule has 5 heteroatoms. The Labute approximate surface area is 148 Å². The fraction of sp³-hybridized carbons (Fsp3) is 0.350. The molecule has 2 aromatic carbocycles. The van der Waals surface area contributed by atoms with Crippen LogP contribution in [0.2, 0.25) is 0 Å². The summed E-state index contributed by atoms with van der Waals surface area (Å²) in [5.41, 5.74) is 2.60. The lowest BCUT2D eigenvalue weighted by molar-refractivity contribution is -0.0212. The van der Waals surface area contributed by atoms with Crippen molar-refractivity contribution in [1.29, 1.82) is 0 Å². The van der Waals surface area contributed by atoms with Crippen LogP contribution in [0.3, 0.4) is 0 Å². The molecule has 3 rings (SSSR count). The third-order valence-corrected chi connectivity index (χ3v) is 4.30. The van der Waals surface area contributed by atoms with Gasteiger partial charge in [0.1, 0.15) is 5.75 Å². The van der Waals surface area contributed by atoms with Crippen LogP contribution < -0.4 is 10.1 Å². The van der Waals surface area contributed by atoms with Gasteiger partial charge < -0.3 is 14.8 Å². The lowest BCUT2D eigenvalue weighted by atomic mass is 10.1. The van der Waals surface area contributed by atoms with Crippen LogP contribution in [0.4, 0.5) is 5.69 Å². The van der Waals surface area contributed by atoms with E-state index >= 15 is 0 Å². The minimum Gasteiger partial charge on any atom is -0.497 e. The van der Waals surface area contributed by atoms with Crippen molar-refractivity contribution in [3.8, 4) is 5.75 Å². The predicted molar refractivity (Wildman–Crippen MR) is 98.1 cm³/mol. The van der Waals surface area contributed by atoms with E-state index in [-0.39, 0.29) is 12.0 Å². The minimum atomic E-state index is -0.114. The maximum Gasteiger partial charge on any atom is 0.255 e. The van der Waals surface area contributed by atoms with E-state index in [1.54, 1.807) is 7.11 Å². The molecule has 0 spiro atoms. The Morgan fingerprint density at radius 2 is 1.92 bits per heavy atom. The molecule has 1 fully saturated rings. The van der Waals surface area contributed by atoms with Gasteiger partial charge >= 0.3 is 0 Å². The Morgan fingerprint density at radius 3 is 2.56 bits per heavy atom. The van der Waals surface area contributed by atoms with Crippen molar-refractivity contribution in [3.63, 3.8) is 0 Å². The summed E-state index contributed by atoms with van der Waals surface area (Å²) in [4.78, 5) is 14.7. The molecule has 25 heavy (non-hydrogen) atoms. The lowest BCUT2D eigenvalue weighted by Gasteiger charge is -2.31. The molecule has 5 nitrogen and oxygen atoms in total. The van der Waals surface area contributed by atoms with Gasteiger partial charge in [-0.15, -0.1) is 0 Å². The van der Waals surface area contributed by atoms with Crippen molar-refractivity contribution < 1.29 is 14.3 Å². The highest BCUT2D eigenvalue weighted by atomic mass is 16.5. The number of ether oxygens (including phenoxy) is 2. The van der Waals surface area contributed by atoms with Crippen molar-refractivity contribution >= 4 is 11.6 Å². The number of carbonyl (C=O) groups excluding carboxylic acids is 1. The minimum absolute atomic E-state index is 0.114. The second kappa shape index (κ2) is 8.14. The normalized spacial score (nSPS) is 17.9. The van der Waals surface area contributed by atoms with Crippen LogP contribution in [0.15, 0.2) is 48.5 Å². The molecule has 1 amide bonds. The second-order valence-corrected chi connectivity index (χ2v) is 6.30. The van der Waals surface area contributed by atoms with Crippen molar-refractivity contribution in [2.24, 2.45) is 0 Å². The van der Waals surface area contributed by atoms with Gasteiger partial charge in [-0.05, 0) is 48.9 Å². The molecular weight excluding hydrogens is 316 g/mol. The molecule has 2 aromatic rings. The lowest BCUT2D eigenvalue weighted by Crippen LogP contribution is -2.40. The average molecular weight is 340 g/mol. The summed E-state index contributed by atoms with van der Waals surface area (Å²) < 4.78 is 10.7. The van der Waals surface area contributed by atoms with E-state index in [0.717, 1.165) is 37.7 Å². The van der Waals surface area contributed by atoms with E-state index in [1.165, 1.54) is 5.56 Å². The summed E-state index contributed by atoms with van der Waals surface area (Å²) in [5.74, 6) is 0.650. The van der Waals surface area contributed by atoms with Crippen LogP contribution in [0.5, 0.6) is 5.75 Å². The SMILES string of the molecule is COc1ccc(NC(=O)c2ccc(CN3CCO[C@H](C)C3)cc2)cc1. The first-order valence-corrected chi connectivity index (χ1v) is 8.52. The highest BCUT2D eigenvalue weighted by Gasteiger charge is 2.16. The number of nitrogens with zero attached hydrogens (tertiary/aromatic N) is 1. The van der Waals surface area contributed by atoms with E-state index in [4.69, 9.17) is 9.47 Å². The van der Waals surface area contributed by atoms with Gasteiger partial charge in [0.25, 0.3) is 5.91 Å². The summed E-state index contributed by atoms with van der Waals surface area (Å²) in [6.45, 7) is 5.65. The maximum absolute atomic E-state index is 12.3. The molecule has 1 aliphatic rings. The van der Waals surface area contributed by atoms with Crippen molar-refractivity contribution in [2.45, 2.75) is 19.6 Å². The quantitative estimate of drug-likeness (QED) is 0.908. The molecule has 0 bridgehead atoms. The van der Waals surface area contributed by atoms with E-state index in [0.29, 0.717) is 5.56 Å². The zero-order chi connectivity index (χ0) is 17.6. The number of methoxy groups -OCH3 is 1. The summed E-state index contributed by atoms with van der Waals surface area (Å²) in [7, 11) is 1.62. The first-order valence-electron chi connectivity index (χ1n) is 8.52. The van der Waals surface area contributed by atoms with E-state index in [1.807, 2.05) is 48.5 Å². The highest BCUT2D eigenvalue weighted by molar-refractivity contribution is 6.04. The van der Waals surface area contributed by atoms with Crippen LogP contribution in [-0.2, 0) is 11.3 Å². The van der Waals surface area contributed by atoms with Crippen LogP contribution in [0.1, 0.15) is 22.8 Å². The third kappa shape index (κ3) is 4.81. The van der Waals surface area contributed by atoms with Gasteiger partial charge in [0.2, 0.25) is 0 Å². The van der Waals surface area contributed by atoms with Crippen LogP contribution in [0.25, 0.3) is 0 Å². The number of hydrogen-bond acceptors (Lipinski definition) is 4. The van der Waals surface area contributed by atoms with E-state index in [9.17, 15) is 4.79 Å². The Balaban J connectivity index is 1.58. The molecule has 0 radical (unpaired) electrons. The Morgan fingerprint density at radius 1 is 1.20 bits per heavy atom. The summed E-state index contributed by atoms with van der Waals surface area (Å²) in [5, 5.41) is 2.89. The highest BCUT2D eigenvalue weighted by Crippen LogP contribution is 2.17. The largest absolute Gasteiger partial charge is 0.497 e. The molecule has 0 unspecified atom stereocenters. The van der Waals surface area contributed by atoms with E-state index < -0.39 is 0 Å². The zero-order valence-electron chi connectivity index (χ0n) is 14.7. The molecule has 1 heterocycles. The molecule has 1 aliphatic heterocycles. The molecule has 0 aromatic heterocycles. The molecule has 1 saturated heterocycles. The zero-order valence-corrected chi connectivity index (χ0v) is 14.7. The van der Waals surface area contributed by atoms with Crippen molar-refractivity contribution in [1.82, 2.24) is 4.90 Å². The Kier molecular flexibility index (Phi) is 5.68. The molecule has 1 atom stereocenters. The molecule has 0 aliphatic carbocycles. The van der Waals surface area contributed by atoms with Gasteiger partial charge in [0.15, 0.2) is 0 Å². The molecule has 1 N–H and O–H groups in total. The van der Waals surface area contributed by atoms with Crippen molar-refractivity contribution in [2.75, 3.05) is 32.1 Å². The van der Waals surface area contributed by atoms with Crippen LogP contribution in [0, 0.1) is 0 Å². The number of hydrogen-bond donors (Lipinski definition) is 1. The maximum atomic E-state index is 12.3. The number of anilines is 1. The Bertz CT molecular complexity index is 698. The molecule has 132 valence electrons. The number of rotatable bonds is 5. The monoisotopic (exact) mass is 340 g/mol. The number of amides is 1. The van der Waals surface area contributed by atoms with Gasteiger partial charge in [0.05, 0.1) is 19.8 Å². The number of carbonyl (C=O) groups is 1. The summed E-state index contributed by atoms with van der Waals surface area (Å²) in [6.07, 6.45) is 0.281. The summed E-state index contributed by atoms with van der Waals surface area (Å²) >= 11 is 0. The topological polar surface area (TPSA) is 50.8 Å². The fourth-order valence-electron chi connectivity index (χ4n) is 2.93. The average Bonchev–Trinajstić information content (AvgIpc) is 2.63. The number of morpholine rings is 1. The second-order valence-electron chi connectivity index (χ2n) is 6.30. The first kappa shape index (κ1) is 17.5. The Hall–Kier alpha value is -2.37. The van der Waals surface area contributed by atoms with Crippen LogP contribution >= 0.6 is 0 Å². The summed E-state index contributed by atoms with van der Waals surface area (Å²) in [6, 6.07) is 15.1. The van der Waals surface area contributed by atoms with Gasteiger partial charge in [-0.25, -0.2) is 0 Å². The predicted octanol–water partition coefficient (Wildman–Crippen LogP) is 3.17. The van der Waals surface area contributed by atoms with Gasteiger partial charge in [-0.3, -0.25) is 9.69 Å². The third-order valence-electron chi connectivity index (χ3n) is 4.30. The van der Waals surface area contributed by atoms with E-state index in [2.05, 4.69) is 17.1 Å². The molecular formula is C20H24N2O3. The fourth-order valence-corrected chi connectivity index (χ4v) is 2.93. The van der Waals surface area contributed by atoms with Gasteiger partial charge in [-0.1, -0.05) is 12.1 Å². The van der Waals surface area contributed by atoms with Crippen LogP contribution in [-0.4, -0.2) is 43.7 Å². The smallest absolute Gasteiger partial charge is 0.255 e. The van der Waals surface area contributed by atoms with Crippen molar-refractivity contribution in [3.05, 3.63) is 59.7 Å². The van der Waals surface area contributed by atoms with Gasteiger partial charge in [0, 0.05) is 30.9 Å². The molecule has 0 saturated carbocycles. The first-order chi connectivity index (χ1) is 12.1. The number of benzene rings is 2. The number of nitrogens with one attached hydrogen (secondary N) is 1. The standard InChI is InChI=1S/C20H24N2O3/c1-15-13-22(11-12-25-15)14-16-3-5-17(6-4-16)20(23)21-18-7-9-19(24-2)10-8-18/h3-10,15H,11-14H2,1-2H3,(H,21,23)/t15-/m1/s1. The van der Waals surface area contributed by atoms with Gasteiger partial charge in [-0.2, -0.15) is 0 Å².